The molecule has 4 heteroatoms. The number of pyridine rings is 1. The quantitative estimate of drug-likeness (QED) is 0.875. The van der Waals surface area contributed by atoms with E-state index in [0.717, 1.165) is 22.0 Å². The Bertz CT molecular complexity index is 424. The van der Waals surface area contributed by atoms with Gasteiger partial charge < -0.3 is 10.2 Å². The molecule has 0 spiro atoms. The van der Waals surface area contributed by atoms with Gasteiger partial charge in [0.15, 0.2) is 0 Å². The molecule has 0 aliphatic carbocycles. The molecule has 2 rings (SSSR count). The molecule has 0 aliphatic heterocycles. The third-order valence-corrected chi connectivity index (χ3v) is 2.71. The fourth-order valence-corrected chi connectivity index (χ4v) is 1.82. The highest BCUT2D eigenvalue weighted by atomic mass is 79.9. The monoisotopic (exact) mass is 240 g/mol. The van der Waals surface area contributed by atoms with Crippen molar-refractivity contribution in [3.63, 3.8) is 0 Å². The van der Waals surface area contributed by atoms with Crippen LogP contribution in [-0.2, 0) is 6.42 Å². The van der Waals surface area contributed by atoms with Crippen molar-refractivity contribution in [2.75, 3.05) is 6.54 Å². The largest absolute Gasteiger partial charge is 0.442 e. The van der Waals surface area contributed by atoms with E-state index < -0.39 is 0 Å². The van der Waals surface area contributed by atoms with E-state index in [1.54, 1.807) is 6.20 Å². The minimum atomic E-state index is 0.582. The molecule has 3 nitrogen and oxygen atoms in total. The van der Waals surface area contributed by atoms with Crippen LogP contribution in [0.2, 0.25) is 0 Å². The lowest BCUT2D eigenvalue weighted by atomic mass is 10.3. The molecule has 0 saturated heterocycles. The molecular formula is C9H9BrN2O. The Morgan fingerprint density at radius 2 is 2.38 bits per heavy atom. The fourth-order valence-electron chi connectivity index (χ4n) is 1.24. The maximum atomic E-state index is 5.50. The van der Waals surface area contributed by atoms with Crippen LogP contribution in [-0.4, -0.2) is 11.5 Å². The van der Waals surface area contributed by atoms with Crippen LogP contribution >= 0.6 is 15.9 Å². The Hall–Kier alpha value is -0.870. The Morgan fingerprint density at radius 1 is 1.54 bits per heavy atom. The number of hydrogen-bond donors (Lipinski definition) is 1. The van der Waals surface area contributed by atoms with Crippen molar-refractivity contribution in [1.29, 1.82) is 0 Å². The van der Waals surface area contributed by atoms with Gasteiger partial charge in [-0.2, -0.15) is 0 Å². The van der Waals surface area contributed by atoms with Gasteiger partial charge in [-0.3, -0.25) is 0 Å². The van der Waals surface area contributed by atoms with E-state index in [9.17, 15) is 0 Å². The standard InChI is InChI=1S/C9H9BrN2O/c10-8-6-2-1-5-12-9(6)13-7(8)3-4-11/h1-2,5H,3-4,11H2. The predicted octanol–water partition coefficient (Wildman–Crippen LogP) is 2.09. The van der Waals surface area contributed by atoms with E-state index in [0.29, 0.717) is 12.3 Å². The highest BCUT2D eigenvalue weighted by Crippen LogP contribution is 2.29. The third-order valence-electron chi connectivity index (χ3n) is 1.84. The first kappa shape index (κ1) is 8.72. The van der Waals surface area contributed by atoms with Gasteiger partial charge in [-0.1, -0.05) is 0 Å². The predicted molar refractivity (Wildman–Crippen MR) is 54.5 cm³/mol. The van der Waals surface area contributed by atoms with Gasteiger partial charge in [0.05, 0.1) is 9.86 Å². The SMILES string of the molecule is NCCc1oc2ncccc2c1Br. The second kappa shape index (κ2) is 3.47. The summed E-state index contributed by atoms with van der Waals surface area (Å²) >= 11 is 3.46. The van der Waals surface area contributed by atoms with E-state index >= 15 is 0 Å². The van der Waals surface area contributed by atoms with Crippen LogP contribution in [0.5, 0.6) is 0 Å². The number of fused-ring (bicyclic) bond motifs is 1. The van der Waals surface area contributed by atoms with Gasteiger partial charge in [0.25, 0.3) is 0 Å². The number of rotatable bonds is 2. The normalized spacial score (nSPS) is 10.9. The molecule has 2 N–H and O–H groups in total. The van der Waals surface area contributed by atoms with Crippen LogP contribution < -0.4 is 5.73 Å². The van der Waals surface area contributed by atoms with Crippen molar-refractivity contribution in [2.45, 2.75) is 6.42 Å². The number of nitrogens with zero attached hydrogens (tertiary/aromatic N) is 1. The van der Waals surface area contributed by atoms with Crippen molar-refractivity contribution in [3.8, 4) is 0 Å². The van der Waals surface area contributed by atoms with E-state index in [4.69, 9.17) is 10.2 Å². The molecule has 0 atom stereocenters. The third kappa shape index (κ3) is 1.47. The number of halogens is 1. The summed E-state index contributed by atoms with van der Waals surface area (Å²) in [6.07, 6.45) is 2.45. The van der Waals surface area contributed by atoms with Crippen LogP contribution in [0.15, 0.2) is 27.2 Å². The lowest BCUT2D eigenvalue weighted by Crippen LogP contribution is -2.01. The molecule has 2 heterocycles. The maximum absolute atomic E-state index is 5.50. The van der Waals surface area contributed by atoms with E-state index in [1.807, 2.05) is 12.1 Å². The molecule has 0 aromatic carbocycles. The Kier molecular flexibility index (Phi) is 2.33. The lowest BCUT2D eigenvalue weighted by molar-refractivity contribution is 0.538. The van der Waals surface area contributed by atoms with Crippen molar-refractivity contribution in [1.82, 2.24) is 4.98 Å². The van der Waals surface area contributed by atoms with Crippen LogP contribution in [0.1, 0.15) is 5.76 Å². The molecule has 2 aromatic rings. The summed E-state index contributed by atoms with van der Waals surface area (Å²) in [7, 11) is 0. The molecule has 68 valence electrons. The average Bonchev–Trinajstić information content (AvgIpc) is 2.46. The molecule has 0 unspecified atom stereocenters. The summed E-state index contributed by atoms with van der Waals surface area (Å²) < 4.78 is 6.47. The minimum absolute atomic E-state index is 0.582. The summed E-state index contributed by atoms with van der Waals surface area (Å²) in [5.74, 6) is 0.871. The van der Waals surface area contributed by atoms with Crippen LogP contribution in [0.3, 0.4) is 0 Å². The molecule has 0 saturated carbocycles. The zero-order valence-corrected chi connectivity index (χ0v) is 8.54. The van der Waals surface area contributed by atoms with Crippen molar-refractivity contribution < 1.29 is 4.42 Å². The van der Waals surface area contributed by atoms with Crippen LogP contribution in [0.4, 0.5) is 0 Å². The van der Waals surface area contributed by atoms with Crippen molar-refractivity contribution in [3.05, 3.63) is 28.6 Å². The van der Waals surface area contributed by atoms with Crippen LogP contribution in [0, 0.1) is 0 Å². The molecule has 0 fully saturated rings. The zero-order valence-electron chi connectivity index (χ0n) is 6.96. The Balaban J connectivity index is 2.60. The Morgan fingerprint density at radius 3 is 3.08 bits per heavy atom. The highest BCUT2D eigenvalue weighted by molar-refractivity contribution is 9.10. The summed E-state index contributed by atoms with van der Waals surface area (Å²) in [6.45, 7) is 0.582. The number of aromatic nitrogens is 1. The zero-order chi connectivity index (χ0) is 9.26. The summed E-state index contributed by atoms with van der Waals surface area (Å²) in [6, 6.07) is 3.85. The first-order chi connectivity index (χ1) is 6.33. The van der Waals surface area contributed by atoms with Gasteiger partial charge in [-0.15, -0.1) is 0 Å². The molecule has 13 heavy (non-hydrogen) atoms. The van der Waals surface area contributed by atoms with Gasteiger partial charge in [0, 0.05) is 12.6 Å². The van der Waals surface area contributed by atoms with Crippen LogP contribution in [0.25, 0.3) is 11.1 Å². The average molecular weight is 241 g/mol. The number of nitrogens with two attached hydrogens (primary N) is 1. The maximum Gasteiger partial charge on any atom is 0.227 e. The van der Waals surface area contributed by atoms with E-state index in [-0.39, 0.29) is 0 Å². The smallest absolute Gasteiger partial charge is 0.227 e. The second-order valence-corrected chi connectivity index (χ2v) is 3.53. The second-order valence-electron chi connectivity index (χ2n) is 2.73. The fraction of sp³-hybridized carbons (Fsp3) is 0.222. The van der Waals surface area contributed by atoms with Gasteiger partial charge in [0.2, 0.25) is 5.71 Å². The number of furan rings is 1. The van der Waals surface area contributed by atoms with E-state index in [1.165, 1.54) is 0 Å². The molecular weight excluding hydrogens is 232 g/mol. The van der Waals surface area contributed by atoms with Gasteiger partial charge in [-0.05, 0) is 34.6 Å². The molecule has 0 amide bonds. The summed E-state index contributed by atoms with van der Waals surface area (Å²) in [5, 5.41) is 1.01. The topological polar surface area (TPSA) is 52.0 Å². The Labute approximate surface area is 84.1 Å². The molecule has 2 aromatic heterocycles. The molecule has 0 bridgehead atoms. The lowest BCUT2D eigenvalue weighted by Gasteiger charge is -1.90. The molecule has 0 radical (unpaired) electrons. The van der Waals surface area contributed by atoms with Gasteiger partial charge >= 0.3 is 0 Å². The van der Waals surface area contributed by atoms with Crippen molar-refractivity contribution >= 4 is 27.0 Å². The van der Waals surface area contributed by atoms with Crippen molar-refractivity contribution in [2.24, 2.45) is 5.73 Å². The first-order valence-electron chi connectivity index (χ1n) is 4.05. The molecule has 0 aliphatic rings. The minimum Gasteiger partial charge on any atom is -0.442 e. The summed E-state index contributed by atoms with van der Waals surface area (Å²) in [4.78, 5) is 4.11. The van der Waals surface area contributed by atoms with Gasteiger partial charge in [-0.25, -0.2) is 4.98 Å². The van der Waals surface area contributed by atoms with Gasteiger partial charge in [0.1, 0.15) is 5.76 Å². The number of hydrogen-bond acceptors (Lipinski definition) is 3. The van der Waals surface area contributed by atoms with E-state index in [2.05, 4.69) is 20.9 Å². The summed E-state index contributed by atoms with van der Waals surface area (Å²) in [5.41, 5.74) is 6.11. The highest BCUT2D eigenvalue weighted by Gasteiger charge is 2.10. The first-order valence-corrected chi connectivity index (χ1v) is 4.84.